The third kappa shape index (κ3) is 2.10. The van der Waals surface area contributed by atoms with Crippen molar-refractivity contribution < 1.29 is 9.59 Å². The highest BCUT2D eigenvalue weighted by atomic mass is 16.1. The molecule has 2 heteroatoms. The van der Waals surface area contributed by atoms with Gasteiger partial charge in [0.1, 0.15) is 5.78 Å². The molecule has 3 atom stereocenters. The van der Waals surface area contributed by atoms with E-state index in [0.717, 1.165) is 51.4 Å². The summed E-state index contributed by atoms with van der Waals surface area (Å²) < 4.78 is 0. The van der Waals surface area contributed by atoms with E-state index in [-0.39, 0.29) is 0 Å². The number of hydrogen-bond acceptors (Lipinski definition) is 2. The largest absolute Gasteiger partial charge is 0.299 e. The van der Waals surface area contributed by atoms with Gasteiger partial charge in [0.05, 0.1) is 0 Å². The molecule has 0 aromatic heterocycles. The maximum Gasteiger partial charge on any atom is 0.155 e. The number of Topliss-reactive ketones (excluding diaryl/α,β-unsaturated/α-hetero) is 1. The second-order valence-corrected chi connectivity index (χ2v) is 5.92. The molecular formula is C15H20O2. The van der Waals surface area contributed by atoms with Crippen LogP contribution in [0.15, 0.2) is 11.6 Å². The normalized spacial score (nSPS) is 37.9. The Balaban J connectivity index is 1.70. The van der Waals surface area contributed by atoms with Gasteiger partial charge in [-0.05, 0) is 56.4 Å². The van der Waals surface area contributed by atoms with Crippen molar-refractivity contribution >= 4 is 11.6 Å². The van der Waals surface area contributed by atoms with E-state index < -0.39 is 0 Å². The molecular weight excluding hydrogens is 212 g/mol. The van der Waals surface area contributed by atoms with Crippen molar-refractivity contribution in [3.8, 4) is 0 Å². The molecule has 0 aromatic rings. The summed E-state index contributed by atoms with van der Waals surface area (Å²) in [4.78, 5) is 23.2. The van der Waals surface area contributed by atoms with Crippen LogP contribution in [0.5, 0.6) is 0 Å². The van der Waals surface area contributed by atoms with Gasteiger partial charge in [0.2, 0.25) is 0 Å². The maximum atomic E-state index is 11.8. The van der Waals surface area contributed by atoms with Crippen LogP contribution in [-0.4, -0.2) is 11.6 Å². The predicted molar refractivity (Wildman–Crippen MR) is 65.5 cm³/mol. The Hall–Kier alpha value is -0.920. The van der Waals surface area contributed by atoms with E-state index in [0.29, 0.717) is 29.3 Å². The van der Waals surface area contributed by atoms with Crippen LogP contribution in [0, 0.1) is 17.8 Å². The lowest BCUT2D eigenvalue weighted by Crippen LogP contribution is -2.28. The fourth-order valence-electron chi connectivity index (χ4n) is 3.99. The first-order valence-corrected chi connectivity index (χ1v) is 7.00. The van der Waals surface area contributed by atoms with Crippen LogP contribution in [0.1, 0.15) is 51.4 Å². The van der Waals surface area contributed by atoms with E-state index in [4.69, 9.17) is 0 Å². The maximum absolute atomic E-state index is 11.8. The first kappa shape index (κ1) is 11.2. The highest BCUT2D eigenvalue weighted by Gasteiger charge is 2.37. The molecule has 0 saturated heterocycles. The van der Waals surface area contributed by atoms with E-state index in [9.17, 15) is 9.59 Å². The fourth-order valence-corrected chi connectivity index (χ4v) is 3.99. The second-order valence-electron chi connectivity index (χ2n) is 5.92. The zero-order valence-corrected chi connectivity index (χ0v) is 10.3. The Morgan fingerprint density at radius 1 is 1.00 bits per heavy atom. The first-order valence-electron chi connectivity index (χ1n) is 7.00. The summed E-state index contributed by atoms with van der Waals surface area (Å²) in [6.45, 7) is 0. The lowest BCUT2D eigenvalue weighted by molar-refractivity contribution is -0.122. The van der Waals surface area contributed by atoms with Gasteiger partial charge in [-0.1, -0.05) is 5.57 Å². The van der Waals surface area contributed by atoms with E-state index in [2.05, 4.69) is 0 Å². The van der Waals surface area contributed by atoms with Gasteiger partial charge in [-0.3, -0.25) is 9.59 Å². The van der Waals surface area contributed by atoms with Crippen molar-refractivity contribution in [2.24, 2.45) is 17.8 Å². The van der Waals surface area contributed by atoms with Gasteiger partial charge in [-0.25, -0.2) is 0 Å². The van der Waals surface area contributed by atoms with Crippen LogP contribution in [0.25, 0.3) is 0 Å². The third-order valence-electron chi connectivity index (χ3n) is 4.92. The van der Waals surface area contributed by atoms with Crippen molar-refractivity contribution in [3.63, 3.8) is 0 Å². The Labute approximate surface area is 102 Å². The quantitative estimate of drug-likeness (QED) is 0.696. The zero-order valence-electron chi connectivity index (χ0n) is 10.3. The summed E-state index contributed by atoms with van der Waals surface area (Å²) in [6, 6.07) is 0. The molecule has 3 rings (SSSR count). The van der Waals surface area contributed by atoms with E-state index >= 15 is 0 Å². The van der Waals surface area contributed by atoms with Crippen LogP contribution < -0.4 is 0 Å². The Morgan fingerprint density at radius 2 is 1.88 bits per heavy atom. The van der Waals surface area contributed by atoms with E-state index in [1.54, 1.807) is 0 Å². The van der Waals surface area contributed by atoms with Gasteiger partial charge in [0, 0.05) is 18.8 Å². The summed E-state index contributed by atoms with van der Waals surface area (Å²) in [5, 5.41) is 0. The molecule has 0 aromatic carbocycles. The monoisotopic (exact) mass is 232 g/mol. The molecule has 0 spiro atoms. The molecule has 17 heavy (non-hydrogen) atoms. The molecule has 0 aliphatic heterocycles. The zero-order chi connectivity index (χ0) is 11.8. The average molecular weight is 232 g/mol. The summed E-state index contributed by atoms with van der Waals surface area (Å²) in [5.74, 6) is 2.40. The Bertz CT molecular complexity index is 380. The molecule has 0 amide bonds. The van der Waals surface area contributed by atoms with Crippen LogP contribution >= 0.6 is 0 Å². The van der Waals surface area contributed by atoms with Gasteiger partial charge in [-0.15, -0.1) is 0 Å². The van der Waals surface area contributed by atoms with Gasteiger partial charge >= 0.3 is 0 Å². The van der Waals surface area contributed by atoms with Crippen LogP contribution in [0.2, 0.25) is 0 Å². The second kappa shape index (κ2) is 4.40. The minimum atomic E-state index is 0.312. The molecule has 3 aliphatic rings. The minimum absolute atomic E-state index is 0.312. The molecule has 3 aliphatic carbocycles. The van der Waals surface area contributed by atoms with Crippen molar-refractivity contribution in [3.05, 3.63) is 11.6 Å². The molecule has 0 unspecified atom stereocenters. The van der Waals surface area contributed by atoms with Crippen LogP contribution in [0.3, 0.4) is 0 Å². The number of ketones is 2. The average Bonchev–Trinajstić information content (AvgIpc) is 2.75. The lowest BCUT2D eigenvalue weighted by Gasteiger charge is -2.36. The summed E-state index contributed by atoms with van der Waals surface area (Å²) in [5.41, 5.74) is 1.38. The topological polar surface area (TPSA) is 34.1 Å². The standard InChI is InChI=1S/C15H20O2/c16-13-7-6-10-8-12(5-4-11(10)9-13)14-2-1-3-15(14)17/h9-10,12,14H,1-8H2/t10-,12-,14+/m1/s1. The Kier molecular flexibility index (Phi) is 2.89. The number of carbonyl (C=O) groups excluding carboxylic acids is 2. The Morgan fingerprint density at radius 3 is 2.65 bits per heavy atom. The highest BCUT2D eigenvalue weighted by molar-refractivity contribution is 5.91. The molecule has 0 bridgehead atoms. The van der Waals surface area contributed by atoms with Crippen molar-refractivity contribution in [1.29, 1.82) is 0 Å². The number of hydrogen-bond donors (Lipinski definition) is 0. The summed E-state index contributed by atoms with van der Waals surface area (Å²) in [7, 11) is 0. The molecule has 0 heterocycles. The van der Waals surface area contributed by atoms with Crippen molar-refractivity contribution in [2.75, 3.05) is 0 Å². The number of carbonyl (C=O) groups is 2. The van der Waals surface area contributed by atoms with E-state index in [1.165, 1.54) is 5.57 Å². The minimum Gasteiger partial charge on any atom is -0.299 e. The predicted octanol–water partition coefficient (Wildman–Crippen LogP) is 3.06. The van der Waals surface area contributed by atoms with Gasteiger partial charge in [-0.2, -0.15) is 0 Å². The highest BCUT2D eigenvalue weighted by Crippen LogP contribution is 2.44. The third-order valence-corrected chi connectivity index (χ3v) is 4.92. The fraction of sp³-hybridized carbons (Fsp3) is 0.733. The number of rotatable bonds is 1. The molecule has 0 N–H and O–H groups in total. The van der Waals surface area contributed by atoms with Crippen molar-refractivity contribution in [2.45, 2.75) is 51.4 Å². The molecule has 2 fully saturated rings. The van der Waals surface area contributed by atoms with E-state index in [1.807, 2.05) is 6.08 Å². The molecule has 0 radical (unpaired) electrons. The lowest BCUT2D eigenvalue weighted by atomic mass is 9.69. The van der Waals surface area contributed by atoms with Crippen LogP contribution in [0.4, 0.5) is 0 Å². The first-order chi connectivity index (χ1) is 8.24. The van der Waals surface area contributed by atoms with Gasteiger partial charge in [0.15, 0.2) is 5.78 Å². The van der Waals surface area contributed by atoms with Crippen LogP contribution in [-0.2, 0) is 9.59 Å². The van der Waals surface area contributed by atoms with Crippen molar-refractivity contribution in [1.82, 2.24) is 0 Å². The SMILES string of the molecule is O=C1C=C2CC[C@@H]([C@@H]3CCCC3=O)C[C@H]2CC1. The summed E-state index contributed by atoms with van der Waals surface area (Å²) in [6.07, 6.45) is 10.0. The smallest absolute Gasteiger partial charge is 0.155 e. The molecule has 2 saturated carbocycles. The summed E-state index contributed by atoms with van der Waals surface area (Å²) >= 11 is 0. The number of fused-ring (bicyclic) bond motifs is 1. The van der Waals surface area contributed by atoms with Gasteiger partial charge < -0.3 is 0 Å². The molecule has 2 nitrogen and oxygen atoms in total. The van der Waals surface area contributed by atoms with Gasteiger partial charge in [0.25, 0.3) is 0 Å². The molecule has 92 valence electrons. The number of allylic oxidation sites excluding steroid dienone is 2.